The summed E-state index contributed by atoms with van der Waals surface area (Å²) in [6.45, 7) is 0.578. The molecule has 126 valence electrons. The molecule has 3 aromatic rings. The van der Waals surface area contributed by atoms with Crippen LogP contribution in [-0.2, 0) is 23.1 Å². The molecule has 1 aromatic carbocycles. The molecular formula is C15H17N5O3S. The zero-order valence-electron chi connectivity index (χ0n) is 13.1. The minimum atomic E-state index is -3.41. The number of aromatic nitrogens is 4. The minimum Gasteiger partial charge on any atom is -0.259 e. The van der Waals surface area contributed by atoms with E-state index in [0.29, 0.717) is 5.65 Å². The summed E-state index contributed by atoms with van der Waals surface area (Å²) in [6.07, 6.45) is 5.67. The molecule has 0 bridgehead atoms. The highest BCUT2D eigenvalue weighted by Gasteiger charge is 2.18. The van der Waals surface area contributed by atoms with Crippen molar-refractivity contribution < 1.29 is 8.42 Å². The first-order valence-corrected chi connectivity index (χ1v) is 9.18. The Morgan fingerprint density at radius 2 is 1.96 bits per heavy atom. The SMILES string of the molecule is CS(=O)(=O)N(CCn1nc2cnccn2c1=O)Cc1ccccc1. The van der Waals surface area contributed by atoms with Crippen LogP contribution in [0.15, 0.2) is 53.7 Å². The number of benzene rings is 1. The predicted molar refractivity (Wildman–Crippen MR) is 88.9 cm³/mol. The van der Waals surface area contributed by atoms with Crippen molar-refractivity contribution in [3.63, 3.8) is 0 Å². The first-order chi connectivity index (χ1) is 11.4. The summed E-state index contributed by atoms with van der Waals surface area (Å²) in [7, 11) is -3.41. The third kappa shape index (κ3) is 3.52. The number of hydrogen-bond donors (Lipinski definition) is 0. The van der Waals surface area contributed by atoms with Gasteiger partial charge in [0.2, 0.25) is 10.0 Å². The Hall–Kier alpha value is -2.52. The maximum Gasteiger partial charge on any atom is 0.350 e. The van der Waals surface area contributed by atoms with Crippen molar-refractivity contribution in [1.82, 2.24) is 23.5 Å². The molecule has 0 spiro atoms. The van der Waals surface area contributed by atoms with Crippen LogP contribution in [0, 0.1) is 0 Å². The second-order valence-corrected chi connectivity index (χ2v) is 7.37. The van der Waals surface area contributed by atoms with Gasteiger partial charge in [-0.05, 0) is 5.56 Å². The van der Waals surface area contributed by atoms with Gasteiger partial charge in [0.25, 0.3) is 0 Å². The molecule has 0 fully saturated rings. The smallest absolute Gasteiger partial charge is 0.259 e. The molecule has 0 aliphatic heterocycles. The van der Waals surface area contributed by atoms with Gasteiger partial charge in [0, 0.05) is 25.5 Å². The Bertz CT molecular complexity index is 995. The molecule has 0 aliphatic carbocycles. The monoisotopic (exact) mass is 347 g/mol. The predicted octanol–water partition coefficient (Wildman–Crippen LogP) is 0.353. The molecule has 0 unspecified atom stereocenters. The maximum absolute atomic E-state index is 12.2. The number of fused-ring (bicyclic) bond motifs is 1. The highest BCUT2D eigenvalue weighted by atomic mass is 32.2. The Balaban J connectivity index is 1.80. The molecule has 0 atom stereocenters. The molecule has 9 heteroatoms. The summed E-state index contributed by atoms with van der Waals surface area (Å²) in [6, 6.07) is 9.31. The fourth-order valence-electron chi connectivity index (χ4n) is 2.38. The molecule has 8 nitrogen and oxygen atoms in total. The van der Waals surface area contributed by atoms with Crippen molar-refractivity contribution in [3.8, 4) is 0 Å². The Kier molecular flexibility index (Phi) is 4.45. The molecule has 0 saturated carbocycles. The van der Waals surface area contributed by atoms with E-state index in [1.54, 1.807) is 0 Å². The minimum absolute atomic E-state index is 0.158. The summed E-state index contributed by atoms with van der Waals surface area (Å²) >= 11 is 0. The van der Waals surface area contributed by atoms with Gasteiger partial charge in [0.05, 0.1) is 19.0 Å². The highest BCUT2D eigenvalue weighted by Crippen LogP contribution is 2.08. The zero-order chi connectivity index (χ0) is 17.2. The first-order valence-electron chi connectivity index (χ1n) is 7.33. The number of hydrogen-bond acceptors (Lipinski definition) is 5. The van der Waals surface area contributed by atoms with Crippen LogP contribution in [0.25, 0.3) is 5.65 Å². The second kappa shape index (κ2) is 6.54. The van der Waals surface area contributed by atoms with E-state index in [1.807, 2.05) is 30.3 Å². The van der Waals surface area contributed by atoms with Gasteiger partial charge in [-0.2, -0.15) is 4.31 Å². The lowest BCUT2D eigenvalue weighted by Crippen LogP contribution is -2.35. The fourth-order valence-corrected chi connectivity index (χ4v) is 3.18. The van der Waals surface area contributed by atoms with Gasteiger partial charge in [-0.25, -0.2) is 22.3 Å². The molecule has 0 amide bonds. The van der Waals surface area contributed by atoms with Crippen molar-refractivity contribution in [2.75, 3.05) is 12.8 Å². The highest BCUT2D eigenvalue weighted by molar-refractivity contribution is 7.88. The van der Waals surface area contributed by atoms with E-state index in [-0.39, 0.29) is 25.3 Å². The van der Waals surface area contributed by atoms with E-state index in [9.17, 15) is 13.2 Å². The van der Waals surface area contributed by atoms with E-state index >= 15 is 0 Å². The largest absolute Gasteiger partial charge is 0.350 e. The quantitative estimate of drug-likeness (QED) is 0.642. The van der Waals surface area contributed by atoms with Gasteiger partial charge in [-0.1, -0.05) is 30.3 Å². The van der Waals surface area contributed by atoms with Crippen molar-refractivity contribution in [1.29, 1.82) is 0 Å². The molecule has 2 heterocycles. The van der Waals surface area contributed by atoms with Crippen LogP contribution in [0.3, 0.4) is 0 Å². The van der Waals surface area contributed by atoms with Crippen molar-refractivity contribution in [2.24, 2.45) is 0 Å². The fraction of sp³-hybridized carbons (Fsp3) is 0.267. The third-order valence-corrected chi connectivity index (χ3v) is 4.87. The molecule has 3 rings (SSSR count). The lowest BCUT2D eigenvalue weighted by molar-refractivity contribution is 0.378. The summed E-state index contributed by atoms with van der Waals surface area (Å²) < 4.78 is 28.0. The van der Waals surface area contributed by atoms with Crippen LogP contribution in [0.2, 0.25) is 0 Å². The Morgan fingerprint density at radius 3 is 2.62 bits per heavy atom. The van der Waals surface area contributed by atoms with Crippen LogP contribution in [-0.4, -0.2) is 44.7 Å². The van der Waals surface area contributed by atoms with E-state index in [4.69, 9.17) is 0 Å². The maximum atomic E-state index is 12.2. The van der Waals surface area contributed by atoms with Gasteiger partial charge in [-0.3, -0.25) is 4.98 Å². The van der Waals surface area contributed by atoms with Gasteiger partial charge < -0.3 is 0 Å². The molecule has 2 aromatic heterocycles. The Morgan fingerprint density at radius 1 is 1.21 bits per heavy atom. The lowest BCUT2D eigenvalue weighted by Gasteiger charge is -2.19. The van der Waals surface area contributed by atoms with Crippen LogP contribution >= 0.6 is 0 Å². The van der Waals surface area contributed by atoms with E-state index in [0.717, 1.165) is 11.8 Å². The normalized spacial score (nSPS) is 12.1. The second-order valence-electron chi connectivity index (χ2n) is 5.39. The van der Waals surface area contributed by atoms with Crippen LogP contribution < -0.4 is 5.69 Å². The zero-order valence-corrected chi connectivity index (χ0v) is 13.9. The average molecular weight is 347 g/mol. The van der Waals surface area contributed by atoms with E-state index in [1.165, 1.54) is 32.0 Å². The standard InChI is InChI=1S/C15H17N5O3S/c1-24(22,23)18(12-13-5-3-2-4-6-13)9-10-20-15(21)19-8-7-16-11-14(19)17-20/h2-8,11H,9-10,12H2,1H3. The molecule has 0 radical (unpaired) electrons. The molecule has 0 N–H and O–H groups in total. The number of sulfonamides is 1. The van der Waals surface area contributed by atoms with Crippen LogP contribution in [0.4, 0.5) is 0 Å². The molecule has 0 aliphatic rings. The van der Waals surface area contributed by atoms with Gasteiger partial charge in [0.15, 0.2) is 5.65 Å². The van der Waals surface area contributed by atoms with Crippen molar-refractivity contribution >= 4 is 15.7 Å². The summed E-state index contributed by atoms with van der Waals surface area (Å²) in [5.41, 5.74) is 0.992. The molecular weight excluding hydrogens is 330 g/mol. The first kappa shape index (κ1) is 16.3. The van der Waals surface area contributed by atoms with Gasteiger partial charge >= 0.3 is 5.69 Å². The van der Waals surface area contributed by atoms with Crippen molar-refractivity contribution in [2.45, 2.75) is 13.1 Å². The van der Waals surface area contributed by atoms with Crippen LogP contribution in [0.1, 0.15) is 5.56 Å². The Labute approximate surface area is 139 Å². The molecule has 24 heavy (non-hydrogen) atoms. The summed E-state index contributed by atoms with van der Waals surface area (Å²) in [4.78, 5) is 16.1. The van der Waals surface area contributed by atoms with Gasteiger partial charge in [-0.15, -0.1) is 5.10 Å². The molecule has 0 saturated heterocycles. The summed E-state index contributed by atoms with van der Waals surface area (Å²) in [5, 5.41) is 4.16. The van der Waals surface area contributed by atoms with Crippen LogP contribution in [0.5, 0.6) is 0 Å². The topological polar surface area (TPSA) is 89.6 Å². The third-order valence-electron chi connectivity index (χ3n) is 3.62. The van der Waals surface area contributed by atoms with E-state index in [2.05, 4.69) is 10.1 Å². The lowest BCUT2D eigenvalue weighted by atomic mass is 10.2. The number of rotatable bonds is 6. The average Bonchev–Trinajstić information content (AvgIpc) is 2.88. The van der Waals surface area contributed by atoms with E-state index < -0.39 is 10.0 Å². The summed E-state index contributed by atoms with van der Waals surface area (Å²) in [5.74, 6) is 0. The number of nitrogens with zero attached hydrogens (tertiary/aromatic N) is 5. The van der Waals surface area contributed by atoms with Crippen molar-refractivity contribution in [3.05, 3.63) is 65.0 Å². The van der Waals surface area contributed by atoms with Gasteiger partial charge in [0.1, 0.15) is 0 Å².